The Morgan fingerprint density at radius 1 is 1.33 bits per heavy atom. The minimum Gasteiger partial charge on any atom is -0.307 e. The third kappa shape index (κ3) is 9.25. The van der Waals surface area contributed by atoms with Crippen LogP contribution in [0.2, 0.25) is 4.55 Å². The fourth-order valence-corrected chi connectivity index (χ4v) is 2.38. The maximum absolute atomic E-state index is 3.56. The molecule has 0 aromatic carbocycles. The fourth-order valence-electron chi connectivity index (χ4n) is 0.750. The second kappa shape index (κ2) is 4.97. The molecule has 0 unspecified atom stereocenters. The van der Waals surface area contributed by atoms with Gasteiger partial charge in [-0.05, 0) is 5.41 Å². The second-order valence-corrected chi connectivity index (χ2v) is 7.17. The van der Waals surface area contributed by atoms with Crippen LogP contribution in [0.5, 0.6) is 0 Å². The number of hydrogen-bond donors (Lipinski definition) is 0. The van der Waals surface area contributed by atoms with Crippen molar-refractivity contribution in [3.05, 3.63) is 0 Å². The molecular formula is C7H15BrMg. The average Bonchev–Trinajstić information content (AvgIpc) is 1.63. The standard InChI is InChI=1S/C7H15.BrH.Mg/c1-5-6-7(2,3)4;;/h1,5-6H2,2-4H3;1H;/q;;+1/p-1. The summed E-state index contributed by atoms with van der Waals surface area (Å²) in [5.74, 6) is 0. The molecule has 0 saturated carbocycles. The van der Waals surface area contributed by atoms with Crippen molar-refractivity contribution in [3.63, 3.8) is 0 Å². The molecule has 0 amide bonds. The minimum atomic E-state index is 0.158. The molecule has 0 N–H and O–H groups in total. The molecule has 0 spiro atoms. The van der Waals surface area contributed by atoms with Gasteiger partial charge in [-0.1, -0.05) is 33.6 Å². The van der Waals surface area contributed by atoms with E-state index in [2.05, 4.69) is 33.7 Å². The van der Waals surface area contributed by atoms with E-state index in [-0.39, 0.29) is 18.2 Å². The van der Waals surface area contributed by atoms with Gasteiger partial charge in [0.25, 0.3) is 0 Å². The van der Waals surface area contributed by atoms with Crippen molar-refractivity contribution >= 4 is 31.1 Å². The van der Waals surface area contributed by atoms with Gasteiger partial charge in [0.15, 0.2) is 0 Å². The van der Waals surface area contributed by atoms with E-state index in [9.17, 15) is 0 Å². The first-order valence-electron chi connectivity index (χ1n) is 3.62. The van der Waals surface area contributed by atoms with E-state index in [4.69, 9.17) is 0 Å². The van der Waals surface area contributed by atoms with Gasteiger partial charge in [0.05, 0.1) is 0 Å². The molecule has 0 aliphatic rings. The molecule has 0 aliphatic heterocycles. The predicted octanol–water partition coefficient (Wildman–Crippen LogP) is 3.25. The van der Waals surface area contributed by atoms with Gasteiger partial charge in [0.1, 0.15) is 0 Å². The average molecular weight is 203 g/mol. The number of hydrogen-bond acceptors (Lipinski definition) is 0. The molecule has 0 rings (SSSR count). The summed E-state index contributed by atoms with van der Waals surface area (Å²) in [6.07, 6.45) is 2.80. The van der Waals surface area contributed by atoms with Crippen LogP contribution in [0.3, 0.4) is 0 Å². The van der Waals surface area contributed by atoms with Crippen LogP contribution < -0.4 is 0 Å². The Balaban J connectivity index is 3.07. The van der Waals surface area contributed by atoms with E-state index in [0.29, 0.717) is 5.41 Å². The van der Waals surface area contributed by atoms with Crippen molar-refractivity contribution in [3.8, 4) is 0 Å². The molecule has 9 heavy (non-hydrogen) atoms. The van der Waals surface area contributed by atoms with Gasteiger partial charge in [-0.2, -0.15) is 0 Å². The largest absolute Gasteiger partial charge is 0.468 e. The van der Waals surface area contributed by atoms with Gasteiger partial charge in [-0.3, -0.25) is 0 Å². The summed E-state index contributed by atoms with van der Waals surface area (Å²) >= 11 is 3.71. The predicted molar refractivity (Wildman–Crippen MR) is 48.2 cm³/mol. The van der Waals surface area contributed by atoms with Crippen molar-refractivity contribution in [1.82, 2.24) is 0 Å². The van der Waals surface area contributed by atoms with E-state index in [0.717, 1.165) is 0 Å². The summed E-state index contributed by atoms with van der Waals surface area (Å²) in [4.78, 5) is 0. The van der Waals surface area contributed by atoms with E-state index in [1.54, 1.807) is 0 Å². The first-order chi connectivity index (χ1) is 4.06. The summed E-state index contributed by atoms with van der Waals surface area (Å²) in [5.41, 5.74) is 0.552. The van der Waals surface area contributed by atoms with Crippen LogP contribution in [0.4, 0.5) is 0 Å². The fraction of sp³-hybridized carbons (Fsp3) is 1.00. The molecule has 0 bridgehead atoms. The smallest absolute Gasteiger partial charge is 0.307 e. The van der Waals surface area contributed by atoms with Crippen molar-refractivity contribution in [2.24, 2.45) is 5.41 Å². The topological polar surface area (TPSA) is 0 Å². The summed E-state index contributed by atoms with van der Waals surface area (Å²) < 4.78 is 1.46. The first-order valence-corrected chi connectivity index (χ1v) is 8.52. The van der Waals surface area contributed by atoms with Crippen LogP contribution in [-0.2, 0) is 0 Å². The number of rotatable bonds is 3. The van der Waals surface area contributed by atoms with Gasteiger partial charge < -0.3 is 12.9 Å². The monoisotopic (exact) mass is 202 g/mol. The highest BCUT2D eigenvalue weighted by Crippen LogP contribution is 2.21. The quantitative estimate of drug-likeness (QED) is 0.488. The van der Waals surface area contributed by atoms with Gasteiger partial charge in [-0.15, -0.1) is 4.55 Å². The van der Waals surface area contributed by atoms with Crippen LogP contribution in [0.1, 0.15) is 33.6 Å². The van der Waals surface area contributed by atoms with Gasteiger partial charge in [-0.25, -0.2) is 0 Å². The molecule has 0 nitrogen and oxygen atoms in total. The molecule has 0 radical (unpaired) electrons. The highest BCUT2D eigenvalue weighted by Gasteiger charge is 2.08. The Kier molecular flexibility index (Phi) is 5.66. The Morgan fingerprint density at radius 3 is 2.22 bits per heavy atom. The molecule has 0 aliphatic carbocycles. The zero-order chi connectivity index (χ0) is 7.33. The molecule has 0 aromatic rings. The van der Waals surface area contributed by atoms with Crippen molar-refractivity contribution < 1.29 is 0 Å². The van der Waals surface area contributed by atoms with E-state index < -0.39 is 0 Å². The highest BCUT2D eigenvalue weighted by atomic mass is 79.9. The number of halogens is 1. The summed E-state index contributed by atoms with van der Waals surface area (Å²) in [7, 11) is 0. The second-order valence-electron chi connectivity index (χ2n) is 3.71. The zero-order valence-electron chi connectivity index (χ0n) is 6.71. The third-order valence-corrected chi connectivity index (χ3v) is 3.76. The van der Waals surface area contributed by atoms with Crippen LogP contribution in [-0.4, -0.2) is 18.2 Å². The lowest BCUT2D eigenvalue weighted by molar-refractivity contribution is 0.373. The highest BCUT2D eigenvalue weighted by molar-refractivity contribution is 9.23. The summed E-state index contributed by atoms with van der Waals surface area (Å²) in [6, 6.07) is 0. The Morgan fingerprint density at radius 2 is 1.89 bits per heavy atom. The van der Waals surface area contributed by atoms with E-state index in [1.165, 1.54) is 17.4 Å². The lowest BCUT2D eigenvalue weighted by Gasteiger charge is -2.16. The van der Waals surface area contributed by atoms with E-state index in [1.807, 2.05) is 0 Å². The van der Waals surface area contributed by atoms with Crippen LogP contribution in [0.25, 0.3) is 0 Å². The van der Waals surface area contributed by atoms with Crippen molar-refractivity contribution in [2.75, 3.05) is 0 Å². The lowest BCUT2D eigenvalue weighted by atomic mass is 9.91. The van der Waals surface area contributed by atoms with Crippen LogP contribution in [0, 0.1) is 5.41 Å². The first kappa shape index (κ1) is 10.2. The van der Waals surface area contributed by atoms with Crippen LogP contribution in [0.15, 0.2) is 0 Å². The minimum absolute atomic E-state index is 0.158. The maximum atomic E-state index is 3.56. The lowest BCUT2D eigenvalue weighted by Crippen LogP contribution is -2.03. The van der Waals surface area contributed by atoms with Crippen LogP contribution >= 0.6 is 12.9 Å². The Hall–Kier alpha value is 1.25. The van der Waals surface area contributed by atoms with Gasteiger partial charge in [0.2, 0.25) is 0 Å². The Labute approximate surface area is 74.4 Å². The Bertz CT molecular complexity index is 65.8. The third-order valence-electron chi connectivity index (χ3n) is 1.31. The SMILES string of the molecule is CC(C)(C)CC[CH2][Mg][Br]. The van der Waals surface area contributed by atoms with E-state index >= 15 is 0 Å². The summed E-state index contributed by atoms with van der Waals surface area (Å²) in [6.45, 7) is 6.92. The maximum Gasteiger partial charge on any atom is 0.468 e. The molecular weight excluding hydrogens is 188 g/mol. The van der Waals surface area contributed by atoms with Crippen molar-refractivity contribution in [1.29, 1.82) is 0 Å². The molecule has 0 aromatic heterocycles. The zero-order valence-corrected chi connectivity index (χ0v) is 9.71. The molecule has 0 saturated heterocycles. The normalized spacial score (nSPS) is 11.1. The molecule has 2 heteroatoms. The van der Waals surface area contributed by atoms with Gasteiger partial charge >= 0.3 is 18.2 Å². The molecule has 0 heterocycles. The molecule has 0 fully saturated rings. The molecule has 0 atom stereocenters. The summed E-state index contributed by atoms with van der Waals surface area (Å²) in [5, 5.41) is 0. The van der Waals surface area contributed by atoms with Gasteiger partial charge in [0, 0.05) is 0 Å². The molecule has 52 valence electrons. The van der Waals surface area contributed by atoms with Crippen molar-refractivity contribution in [2.45, 2.75) is 38.2 Å².